The lowest BCUT2D eigenvalue weighted by atomic mass is 9.79. The Balaban J connectivity index is 1.63. The van der Waals surface area contributed by atoms with Crippen molar-refractivity contribution < 1.29 is 18.9 Å². The minimum atomic E-state index is -0.340. The van der Waals surface area contributed by atoms with E-state index in [1.807, 2.05) is 6.07 Å². The smallest absolute Gasteiger partial charge is 0.233 e. The number of anilines is 1. The van der Waals surface area contributed by atoms with E-state index in [9.17, 15) is 5.26 Å². The van der Waals surface area contributed by atoms with Gasteiger partial charge >= 0.3 is 0 Å². The van der Waals surface area contributed by atoms with Crippen LogP contribution in [0, 0.1) is 11.3 Å². The van der Waals surface area contributed by atoms with Crippen LogP contribution in [-0.2, 0) is 16.8 Å². The summed E-state index contributed by atoms with van der Waals surface area (Å²) in [6.07, 6.45) is 4.19. The zero-order valence-corrected chi connectivity index (χ0v) is 17.0. The number of fused-ring (bicyclic) bond motifs is 2. The molecular formula is C22H25N3O4. The van der Waals surface area contributed by atoms with Gasteiger partial charge in [0.2, 0.25) is 5.88 Å². The lowest BCUT2D eigenvalue weighted by Crippen LogP contribution is -2.47. The van der Waals surface area contributed by atoms with E-state index in [-0.39, 0.29) is 5.60 Å². The molecule has 0 unspecified atom stereocenters. The van der Waals surface area contributed by atoms with Gasteiger partial charge in [0, 0.05) is 19.3 Å². The summed E-state index contributed by atoms with van der Waals surface area (Å²) in [6.45, 7) is 2.24. The number of nitriles is 1. The third-order valence-corrected chi connectivity index (χ3v) is 5.96. The molecule has 1 saturated heterocycles. The van der Waals surface area contributed by atoms with Crippen molar-refractivity contribution in [1.29, 1.82) is 5.26 Å². The summed E-state index contributed by atoms with van der Waals surface area (Å²) in [5.74, 6) is 1.84. The summed E-state index contributed by atoms with van der Waals surface area (Å²) < 4.78 is 22.6. The summed E-state index contributed by atoms with van der Waals surface area (Å²) >= 11 is 0. The molecule has 0 atom stereocenters. The maximum atomic E-state index is 9.59. The van der Waals surface area contributed by atoms with Gasteiger partial charge < -0.3 is 23.8 Å². The Hall–Kier alpha value is -2.98. The van der Waals surface area contributed by atoms with Crippen molar-refractivity contribution in [2.24, 2.45) is 0 Å². The van der Waals surface area contributed by atoms with E-state index in [2.05, 4.69) is 28.1 Å². The molecule has 0 saturated carbocycles. The first-order valence-electron chi connectivity index (χ1n) is 9.73. The van der Waals surface area contributed by atoms with Gasteiger partial charge in [0.15, 0.2) is 11.5 Å². The number of methoxy groups -OCH3 is 3. The predicted molar refractivity (Wildman–Crippen MR) is 108 cm³/mol. The molecule has 3 heterocycles. The predicted octanol–water partition coefficient (Wildman–Crippen LogP) is 3.05. The monoisotopic (exact) mass is 395 g/mol. The van der Waals surface area contributed by atoms with Crippen LogP contribution in [0.2, 0.25) is 0 Å². The number of hydrogen-bond acceptors (Lipinski definition) is 7. The summed E-state index contributed by atoms with van der Waals surface area (Å²) in [6, 6.07) is 8.26. The molecule has 1 fully saturated rings. The molecule has 2 aliphatic heterocycles. The number of pyridine rings is 1. The second-order valence-corrected chi connectivity index (χ2v) is 7.27. The van der Waals surface area contributed by atoms with Crippen molar-refractivity contribution in [3.05, 3.63) is 41.1 Å². The molecule has 2 aromatic rings. The number of piperidine rings is 1. The van der Waals surface area contributed by atoms with Gasteiger partial charge in [-0.15, -0.1) is 0 Å². The molecule has 0 amide bonds. The lowest BCUT2D eigenvalue weighted by molar-refractivity contribution is -0.0768. The van der Waals surface area contributed by atoms with Crippen molar-refractivity contribution in [3.8, 4) is 23.4 Å². The fraction of sp³-hybridized carbons (Fsp3) is 0.455. The van der Waals surface area contributed by atoms with Crippen molar-refractivity contribution in [1.82, 2.24) is 4.98 Å². The Bertz CT molecular complexity index is 946. The van der Waals surface area contributed by atoms with E-state index < -0.39 is 0 Å². The minimum absolute atomic E-state index is 0.340. The van der Waals surface area contributed by atoms with Crippen molar-refractivity contribution in [2.75, 3.05) is 45.9 Å². The molecule has 7 heteroatoms. The molecule has 1 aromatic heterocycles. The van der Waals surface area contributed by atoms with Crippen LogP contribution in [0.4, 0.5) is 5.69 Å². The number of hydrogen-bond donors (Lipinski definition) is 0. The summed E-state index contributed by atoms with van der Waals surface area (Å²) in [5.41, 5.74) is 3.44. The topological polar surface area (TPSA) is 76.8 Å². The van der Waals surface area contributed by atoms with E-state index in [1.165, 1.54) is 18.2 Å². The van der Waals surface area contributed by atoms with Crippen molar-refractivity contribution in [3.63, 3.8) is 0 Å². The average molecular weight is 395 g/mol. The Morgan fingerprint density at radius 3 is 2.48 bits per heavy atom. The van der Waals surface area contributed by atoms with Crippen LogP contribution in [-0.4, -0.2) is 46.0 Å². The Labute approximate surface area is 170 Å². The third kappa shape index (κ3) is 3.23. The van der Waals surface area contributed by atoms with Gasteiger partial charge in [0.25, 0.3) is 0 Å². The largest absolute Gasteiger partial charge is 0.493 e. The maximum absolute atomic E-state index is 9.59. The van der Waals surface area contributed by atoms with Gasteiger partial charge in [0.05, 0.1) is 39.2 Å². The Kier molecular flexibility index (Phi) is 5.20. The second kappa shape index (κ2) is 7.80. The Morgan fingerprint density at radius 2 is 1.83 bits per heavy atom. The van der Waals surface area contributed by atoms with Gasteiger partial charge in [-0.1, -0.05) is 0 Å². The number of ether oxygens (including phenoxy) is 4. The fourth-order valence-electron chi connectivity index (χ4n) is 4.47. The zero-order chi connectivity index (χ0) is 20.4. The highest BCUT2D eigenvalue weighted by atomic mass is 16.5. The zero-order valence-electron chi connectivity index (χ0n) is 17.0. The van der Waals surface area contributed by atoms with Crippen LogP contribution in [0.25, 0.3) is 0 Å². The summed E-state index contributed by atoms with van der Waals surface area (Å²) in [5, 5.41) is 9.59. The number of benzene rings is 1. The normalized spacial score (nSPS) is 17.4. The molecule has 0 radical (unpaired) electrons. The molecule has 1 spiro atoms. The van der Waals surface area contributed by atoms with Crippen LogP contribution in [0.15, 0.2) is 24.4 Å². The van der Waals surface area contributed by atoms with E-state index in [0.29, 0.717) is 18.1 Å². The van der Waals surface area contributed by atoms with Crippen LogP contribution in [0.5, 0.6) is 17.4 Å². The molecule has 0 aliphatic carbocycles. The van der Waals surface area contributed by atoms with E-state index >= 15 is 0 Å². The highest BCUT2D eigenvalue weighted by molar-refractivity contribution is 5.63. The van der Waals surface area contributed by atoms with E-state index in [0.717, 1.165) is 49.5 Å². The van der Waals surface area contributed by atoms with Gasteiger partial charge in [-0.25, -0.2) is 4.98 Å². The van der Waals surface area contributed by atoms with Gasteiger partial charge in [0.1, 0.15) is 11.6 Å². The maximum Gasteiger partial charge on any atom is 0.233 e. The van der Waals surface area contributed by atoms with Crippen molar-refractivity contribution >= 4 is 5.69 Å². The SMILES string of the molecule is COc1cc2c(cc1OC)C1(CCN(c3ccnc(OC)c3C#N)CC1)OCC2. The highest BCUT2D eigenvalue weighted by Crippen LogP contribution is 2.46. The minimum Gasteiger partial charge on any atom is -0.493 e. The standard InChI is InChI=1S/C22H25N3O4/c1-26-19-12-15-5-11-29-22(17(15)13-20(19)27-2)6-9-25(10-7-22)18-4-8-24-21(28-3)16(18)14-23/h4,8,12-13H,5-7,9-11H2,1-3H3. The summed E-state index contributed by atoms with van der Waals surface area (Å²) in [4.78, 5) is 6.36. The highest BCUT2D eigenvalue weighted by Gasteiger charge is 2.42. The van der Waals surface area contributed by atoms with Gasteiger partial charge in [-0.3, -0.25) is 0 Å². The second-order valence-electron chi connectivity index (χ2n) is 7.27. The molecule has 0 bridgehead atoms. The van der Waals surface area contributed by atoms with E-state index in [1.54, 1.807) is 20.4 Å². The van der Waals surface area contributed by atoms with Gasteiger partial charge in [-0.2, -0.15) is 5.26 Å². The van der Waals surface area contributed by atoms with E-state index in [4.69, 9.17) is 18.9 Å². The quantitative estimate of drug-likeness (QED) is 0.787. The van der Waals surface area contributed by atoms with Crippen LogP contribution < -0.4 is 19.1 Å². The van der Waals surface area contributed by atoms with Crippen LogP contribution in [0.1, 0.15) is 29.5 Å². The molecule has 29 heavy (non-hydrogen) atoms. The first-order valence-corrected chi connectivity index (χ1v) is 9.73. The molecule has 7 nitrogen and oxygen atoms in total. The molecule has 152 valence electrons. The fourth-order valence-corrected chi connectivity index (χ4v) is 4.47. The number of aromatic nitrogens is 1. The van der Waals surface area contributed by atoms with Gasteiger partial charge in [-0.05, 0) is 48.6 Å². The molecule has 2 aliphatic rings. The molecule has 1 aromatic carbocycles. The molecule has 0 N–H and O–H groups in total. The molecular weight excluding hydrogens is 370 g/mol. The Morgan fingerprint density at radius 1 is 1.10 bits per heavy atom. The van der Waals surface area contributed by atoms with Crippen LogP contribution >= 0.6 is 0 Å². The summed E-state index contributed by atoms with van der Waals surface area (Å²) in [7, 11) is 4.85. The number of rotatable bonds is 4. The van der Waals surface area contributed by atoms with Crippen LogP contribution in [0.3, 0.4) is 0 Å². The molecule has 4 rings (SSSR count). The first-order chi connectivity index (χ1) is 14.2. The lowest BCUT2D eigenvalue weighted by Gasteiger charge is -2.46. The van der Waals surface area contributed by atoms with Crippen molar-refractivity contribution in [2.45, 2.75) is 24.9 Å². The average Bonchev–Trinajstić information content (AvgIpc) is 2.78. The first kappa shape index (κ1) is 19.3. The number of nitrogens with zero attached hydrogens (tertiary/aromatic N) is 3. The third-order valence-electron chi connectivity index (χ3n) is 5.96.